The van der Waals surface area contributed by atoms with Crippen molar-refractivity contribution in [1.82, 2.24) is 20.2 Å². The Labute approximate surface area is 215 Å². The van der Waals surface area contributed by atoms with Crippen molar-refractivity contribution < 1.29 is 14.3 Å². The van der Waals surface area contributed by atoms with E-state index in [-0.39, 0.29) is 11.7 Å². The van der Waals surface area contributed by atoms with Gasteiger partial charge in [0.25, 0.3) is 5.91 Å². The predicted molar refractivity (Wildman–Crippen MR) is 141 cm³/mol. The van der Waals surface area contributed by atoms with Crippen molar-refractivity contribution in [3.63, 3.8) is 0 Å². The van der Waals surface area contributed by atoms with Crippen LogP contribution >= 0.6 is 27.7 Å². The second kappa shape index (κ2) is 11.7. The van der Waals surface area contributed by atoms with E-state index in [4.69, 9.17) is 9.47 Å². The SMILES string of the molecule is COc1ccc(-c2nnc(SCC(=O)N/N=C\c3ccccc3Br)n2-c2ccc(OC)cc2)cc1. The van der Waals surface area contributed by atoms with Crippen molar-refractivity contribution in [2.24, 2.45) is 5.10 Å². The molecule has 0 bridgehead atoms. The normalized spacial score (nSPS) is 10.9. The van der Waals surface area contributed by atoms with Gasteiger partial charge in [-0.2, -0.15) is 5.10 Å². The zero-order valence-electron chi connectivity index (χ0n) is 19.0. The van der Waals surface area contributed by atoms with Crippen molar-refractivity contribution >= 4 is 39.8 Å². The number of ether oxygens (including phenoxy) is 2. The number of hydrogen-bond acceptors (Lipinski definition) is 7. The summed E-state index contributed by atoms with van der Waals surface area (Å²) in [7, 11) is 3.24. The molecule has 0 fully saturated rings. The van der Waals surface area contributed by atoms with Gasteiger partial charge in [-0.05, 0) is 54.6 Å². The molecule has 0 spiro atoms. The van der Waals surface area contributed by atoms with Gasteiger partial charge in [-0.3, -0.25) is 9.36 Å². The van der Waals surface area contributed by atoms with Crippen LogP contribution in [-0.4, -0.2) is 46.9 Å². The second-order valence-electron chi connectivity index (χ2n) is 7.17. The van der Waals surface area contributed by atoms with Gasteiger partial charge in [-0.1, -0.05) is 45.9 Å². The van der Waals surface area contributed by atoms with Crippen LogP contribution in [-0.2, 0) is 4.79 Å². The number of halogens is 1. The number of thioether (sulfide) groups is 1. The number of benzene rings is 3. The Morgan fingerprint density at radius 2 is 1.66 bits per heavy atom. The molecule has 0 saturated heterocycles. The van der Waals surface area contributed by atoms with E-state index < -0.39 is 0 Å². The quantitative estimate of drug-likeness (QED) is 0.180. The number of rotatable bonds is 9. The third kappa shape index (κ3) is 6.09. The molecule has 0 aliphatic carbocycles. The van der Waals surface area contributed by atoms with E-state index in [9.17, 15) is 4.79 Å². The highest BCUT2D eigenvalue weighted by molar-refractivity contribution is 9.10. The minimum atomic E-state index is -0.256. The standard InChI is InChI=1S/C25H22BrN5O3S/c1-33-20-11-7-17(8-12-20)24-29-30-25(31(24)19-9-13-21(34-2)14-10-19)35-16-23(32)28-27-15-18-5-3-4-6-22(18)26/h3-15H,16H2,1-2H3,(H,28,32)/b27-15-. The van der Waals surface area contributed by atoms with Gasteiger partial charge in [0.05, 0.1) is 26.2 Å². The van der Waals surface area contributed by atoms with Crippen LogP contribution in [0.2, 0.25) is 0 Å². The summed E-state index contributed by atoms with van der Waals surface area (Å²) in [5.41, 5.74) is 5.13. The van der Waals surface area contributed by atoms with Crippen LogP contribution in [0.4, 0.5) is 0 Å². The second-order valence-corrected chi connectivity index (χ2v) is 8.97. The molecule has 10 heteroatoms. The van der Waals surface area contributed by atoms with E-state index >= 15 is 0 Å². The number of amides is 1. The molecule has 0 radical (unpaired) electrons. The number of hydrazone groups is 1. The lowest BCUT2D eigenvalue weighted by Gasteiger charge is -2.11. The van der Waals surface area contributed by atoms with E-state index in [0.29, 0.717) is 11.0 Å². The number of methoxy groups -OCH3 is 2. The third-order valence-corrected chi connectivity index (χ3v) is 6.59. The van der Waals surface area contributed by atoms with Crippen LogP contribution in [0.25, 0.3) is 17.1 Å². The summed E-state index contributed by atoms with van der Waals surface area (Å²) >= 11 is 4.72. The van der Waals surface area contributed by atoms with E-state index in [1.54, 1.807) is 20.4 Å². The van der Waals surface area contributed by atoms with E-state index in [0.717, 1.165) is 32.8 Å². The molecule has 35 heavy (non-hydrogen) atoms. The number of hydrogen-bond donors (Lipinski definition) is 1. The summed E-state index contributed by atoms with van der Waals surface area (Å²) in [4.78, 5) is 12.4. The molecule has 4 rings (SSSR count). The van der Waals surface area contributed by atoms with E-state index in [1.807, 2.05) is 77.4 Å². The van der Waals surface area contributed by atoms with Gasteiger partial charge >= 0.3 is 0 Å². The first kappa shape index (κ1) is 24.5. The van der Waals surface area contributed by atoms with Gasteiger partial charge in [-0.15, -0.1) is 10.2 Å². The third-order valence-electron chi connectivity index (χ3n) is 4.94. The monoisotopic (exact) mass is 551 g/mol. The number of nitrogens with zero attached hydrogens (tertiary/aromatic N) is 4. The fraction of sp³-hybridized carbons (Fsp3) is 0.120. The predicted octanol–water partition coefficient (Wildman–Crippen LogP) is 4.96. The maximum atomic E-state index is 12.4. The Balaban J connectivity index is 1.54. The molecule has 8 nitrogen and oxygen atoms in total. The average molecular weight is 552 g/mol. The summed E-state index contributed by atoms with van der Waals surface area (Å²) in [6.45, 7) is 0. The number of nitrogens with one attached hydrogen (secondary N) is 1. The first-order valence-electron chi connectivity index (χ1n) is 10.5. The number of carbonyl (C=O) groups excluding carboxylic acids is 1. The van der Waals surface area contributed by atoms with E-state index in [1.165, 1.54) is 11.8 Å². The molecule has 3 aromatic carbocycles. The summed E-state index contributed by atoms with van der Waals surface area (Å²) in [5, 5.41) is 13.4. The zero-order chi connectivity index (χ0) is 24.6. The molecule has 4 aromatic rings. The highest BCUT2D eigenvalue weighted by Crippen LogP contribution is 2.29. The molecule has 1 amide bonds. The van der Waals surface area contributed by atoms with Crippen LogP contribution in [0.5, 0.6) is 11.5 Å². The average Bonchev–Trinajstić information content (AvgIpc) is 3.32. The Kier molecular flexibility index (Phi) is 8.17. The van der Waals surface area contributed by atoms with Crippen LogP contribution in [0.15, 0.2) is 87.5 Å². The van der Waals surface area contributed by atoms with Crippen LogP contribution in [0.3, 0.4) is 0 Å². The van der Waals surface area contributed by atoms with Gasteiger partial charge in [0.2, 0.25) is 0 Å². The van der Waals surface area contributed by atoms with Gasteiger partial charge in [0.15, 0.2) is 11.0 Å². The largest absolute Gasteiger partial charge is 0.497 e. The van der Waals surface area contributed by atoms with Gasteiger partial charge in [0, 0.05) is 21.3 Å². The fourth-order valence-electron chi connectivity index (χ4n) is 3.17. The molecule has 1 aromatic heterocycles. The lowest BCUT2D eigenvalue weighted by atomic mass is 10.2. The van der Waals surface area contributed by atoms with Crippen LogP contribution in [0, 0.1) is 0 Å². The Bertz CT molecular complexity index is 1320. The molecule has 0 unspecified atom stereocenters. The highest BCUT2D eigenvalue weighted by atomic mass is 79.9. The lowest BCUT2D eigenvalue weighted by Crippen LogP contribution is -2.20. The molecule has 1 N–H and O–H groups in total. The van der Waals surface area contributed by atoms with E-state index in [2.05, 4.69) is 36.7 Å². The van der Waals surface area contributed by atoms with Crippen molar-refractivity contribution in [3.05, 3.63) is 82.8 Å². The van der Waals surface area contributed by atoms with Crippen LogP contribution < -0.4 is 14.9 Å². The van der Waals surface area contributed by atoms with Gasteiger partial charge < -0.3 is 9.47 Å². The van der Waals surface area contributed by atoms with Crippen molar-refractivity contribution in [1.29, 1.82) is 0 Å². The Morgan fingerprint density at radius 3 is 2.31 bits per heavy atom. The minimum Gasteiger partial charge on any atom is -0.497 e. The maximum absolute atomic E-state index is 12.4. The van der Waals surface area contributed by atoms with Crippen molar-refractivity contribution in [2.45, 2.75) is 5.16 Å². The number of carbonyl (C=O) groups is 1. The lowest BCUT2D eigenvalue weighted by molar-refractivity contribution is -0.118. The Morgan fingerprint density at radius 1 is 1.00 bits per heavy atom. The molecular formula is C25H22BrN5O3S. The molecular weight excluding hydrogens is 530 g/mol. The smallest absolute Gasteiger partial charge is 0.250 e. The summed E-state index contributed by atoms with van der Waals surface area (Å²) < 4.78 is 13.3. The van der Waals surface area contributed by atoms with Gasteiger partial charge in [0.1, 0.15) is 11.5 Å². The van der Waals surface area contributed by atoms with Gasteiger partial charge in [-0.25, -0.2) is 5.43 Å². The van der Waals surface area contributed by atoms with Crippen LogP contribution in [0.1, 0.15) is 5.56 Å². The molecule has 178 valence electrons. The minimum absolute atomic E-state index is 0.115. The molecule has 0 aliphatic rings. The van der Waals surface area contributed by atoms with Crippen molar-refractivity contribution in [2.75, 3.05) is 20.0 Å². The zero-order valence-corrected chi connectivity index (χ0v) is 21.4. The Hall–Kier alpha value is -3.63. The summed E-state index contributed by atoms with van der Waals surface area (Å²) in [6.07, 6.45) is 1.59. The highest BCUT2D eigenvalue weighted by Gasteiger charge is 2.17. The molecule has 0 saturated carbocycles. The maximum Gasteiger partial charge on any atom is 0.250 e. The summed E-state index contributed by atoms with van der Waals surface area (Å²) in [6, 6.07) is 22.8. The molecule has 0 aliphatic heterocycles. The summed E-state index contributed by atoms with van der Waals surface area (Å²) in [5.74, 6) is 1.99. The van der Waals surface area contributed by atoms with Crippen molar-refractivity contribution in [3.8, 4) is 28.6 Å². The fourth-order valence-corrected chi connectivity index (χ4v) is 4.30. The topological polar surface area (TPSA) is 90.6 Å². The molecule has 1 heterocycles. The molecule has 0 atom stereocenters. The first-order chi connectivity index (χ1) is 17.1. The number of aromatic nitrogens is 3. The first-order valence-corrected chi connectivity index (χ1v) is 12.3.